The number of hydrogen-bond donors (Lipinski definition) is 2. The second kappa shape index (κ2) is 9.89. The van der Waals surface area contributed by atoms with E-state index in [2.05, 4.69) is 15.6 Å². The predicted octanol–water partition coefficient (Wildman–Crippen LogP) is 2.57. The Labute approximate surface area is 133 Å². The standard InChI is InChI=1S/C14H23N3O.HI/c1-5-16-14(15-4)17-10-12(3)18-13-9-7-6-8-11(13)2;/h6-9,12H,5,10H2,1-4H3,(H2,15,16,17);1H. The van der Waals surface area contributed by atoms with Gasteiger partial charge in [-0.1, -0.05) is 18.2 Å². The molecule has 0 saturated carbocycles. The summed E-state index contributed by atoms with van der Waals surface area (Å²) in [5.74, 6) is 1.74. The quantitative estimate of drug-likeness (QED) is 0.471. The van der Waals surface area contributed by atoms with Crippen LogP contribution in [0.3, 0.4) is 0 Å². The normalized spacial score (nSPS) is 12.3. The third-order valence-electron chi connectivity index (χ3n) is 2.55. The summed E-state index contributed by atoms with van der Waals surface area (Å²) >= 11 is 0. The van der Waals surface area contributed by atoms with E-state index in [-0.39, 0.29) is 30.1 Å². The number of aliphatic imine (C=N–C) groups is 1. The van der Waals surface area contributed by atoms with E-state index in [4.69, 9.17) is 4.74 Å². The van der Waals surface area contributed by atoms with Gasteiger partial charge < -0.3 is 15.4 Å². The van der Waals surface area contributed by atoms with Crippen LogP contribution in [0.4, 0.5) is 0 Å². The van der Waals surface area contributed by atoms with Crippen LogP contribution in [-0.4, -0.2) is 32.2 Å². The van der Waals surface area contributed by atoms with Gasteiger partial charge in [0.1, 0.15) is 11.9 Å². The van der Waals surface area contributed by atoms with Gasteiger partial charge in [0, 0.05) is 13.6 Å². The summed E-state index contributed by atoms with van der Waals surface area (Å²) in [6.45, 7) is 7.70. The van der Waals surface area contributed by atoms with E-state index in [1.54, 1.807) is 7.05 Å². The number of hydrogen-bond acceptors (Lipinski definition) is 2. The highest BCUT2D eigenvalue weighted by Gasteiger charge is 2.06. The second-order valence-corrected chi connectivity index (χ2v) is 4.18. The summed E-state index contributed by atoms with van der Waals surface area (Å²) < 4.78 is 5.87. The lowest BCUT2D eigenvalue weighted by molar-refractivity contribution is 0.222. The Balaban J connectivity index is 0.00000324. The van der Waals surface area contributed by atoms with Crippen molar-refractivity contribution in [2.45, 2.75) is 26.9 Å². The van der Waals surface area contributed by atoms with Crippen molar-refractivity contribution >= 4 is 29.9 Å². The van der Waals surface area contributed by atoms with E-state index in [0.29, 0.717) is 6.54 Å². The van der Waals surface area contributed by atoms with Crippen molar-refractivity contribution in [1.29, 1.82) is 0 Å². The van der Waals surface area contributed by atoms with Crippen LogP contribution in [0, 0.1) is 6.92 Å². The molecule has 1 unspecified atom stereocenters. The molecule has 19 heavy (non-hydrogen) atoms. The van der Waals surface area contributed by atoms with Gasteiger partial charge in [-0.15, -0.1) is 24.0 Å². The van der Waals surface area contributed by atoms with Gasteiger partial charge in [-0.25, -0.2) is 0 Å². The maximum atomic E-state index is 5.87. The van der Waals surface area contributed by atoms with Crippen LogP contribution in [0.2, 0.25) is 0 Å². The van der Waals surface area contributed by atoms with E-state index < -0.39 is 0 Å². The molecule has 1 atom stereocenters. The first-order chi connectivity index (χ1) is 8.67. The topological polar surface area (TPSA) is 45.7 Å². The minimum atomic E-state index is 0. The minimum Gasteiger partial charge on any atom is -0.489 e. The number of rotatable bonds is 5. The van der Waals surface area contributed by atoms with E-state index in [1.807, 2.05) is 45.0 Å². The largest absolute Gasteiger partial charge is 0.489 e. The number of nitrogens with zero attached hydrogens (tertiary/aromatic N) is 1. The summed E-state index contributed by atoms with van der Waals surface area (Å²) in [6.07, 6.45) is 0.0847. The summed E-state index contributed by atoms with van der Waals surface area (Å²) in [6, 6.07) is 8.04. The molecular weight excluding hydrogens is 353 g/mol. The lowest BCUT2D eigenvalue weighted by Crippen LogP contribution is -2.41. The van der Waals surface area contributed by atoms with Crippen LogP contribution < -0.4 is 15.4 Å². The van der Waals surface area contributed by atoms with Crippen molar-refractivity contribution in [2.75, 3.05) is 20.1 Å². The van der Waals surface area contributed by atoms with Crippen LogP contribution in [0.1, 0.15) is 19.4 Å². The summed E-state index contributed by atoms with van der Waals surface area (Å²) in [7, 11) is 1.76. The minimum absolute atomic E-state index is 0. The first kappa shape index (κ1) is 18.0. The molecule has 0 aromatic heterocycles. The average Bonchev–Trinajstić information content (AvgIpc) is 2.37. The number of benzene rings is 1. The SMILES string of the molecule is CCNC(=NC)NCC(C)Oc1ccccc1C.I. The molecule has 0 saturated heterocycles. The third kappa shape index (κ3) is 6.66. The van der Waals surface area contributed by atoms with Crippen molar-refractivity contribution in [2.24, 2.45) is 4.99 Å². The van der Waals surface area contributed by atoms with Crippen LogP contribution in [0.5, 0.6) is 5.75 Å². The number of aryl methyl sites for hydroxylation is 1. The van der Waals surface area contributed by atoms with Crippen LogP contribution in [-0.2, 0) is 0 Å². The molecule has 0 fully saturated rings. The Morgan fingerprint density at radius 3 is 2.58 bits per heavy atom. The fraction of sp³-hybridized carbons (Fsp3) is 0.500. The van der Waals surface area contributed by atoms with E-state index >= 15 is 0 Å². The van der Waals surface area contributed by atoms with Crippen molar-refractivity contribution in [3.63, 3.8) is 0 Å². The first-order valence-electron chi connectivity index (χ1n) is 6.34. The highest BCUT2D eigenvalue weighted by atomic mass is 127. The van der Waals surface area contributed by atoms with Gasteiger partial charge in [0.05, 0.1) is 6.54 Å². The Kier molecular flexibility index (Phi) is 9.38. The van der Waals surface area contributed by atoms with Crippen LogP contribution in [0.15, 0.2) is 29.3 Å². The molecule has 108 valence electrons. The highest BCUT2D eigenvalue weighted by Crippen LogP contribution is 2.17. The highest BCUT2D eigenvalue weighted by molar-refractivity contribution is 14.0. The van der Waals surface area contributed by atoms with Gasteiger partial charge in [-0.2, -0.15) is 0 Å². The number of nitrogens with one attached hydrogen (secondary N) is 2. The second-order valence-electron chi connectivity index (χ2n) is 4.18. The van der Waals surface area contributed by atoms with Crippen LogP contribution >= 0.6 is 24.0 Å². The molecule has 1 aromatic carbocycles. The molecule has 5 heteroatoms. The van der Waals surface area contributed by atoms with Crippen molar-refractivity contribution in [3.05, 3.63) is 29.8 Å². The van der Waals surface area contributed by atoms with Crippen molar-refractivity contribution in [3.8, 4) is 5.75 Å². The smallest absolute Gasteiger partial charge is 0.191 e. The molecule has 0 bridgehead atoms. The molecule has 0 aliphatic heterocycles. The maximum absolute atomic E-state index is 5.87. The average molecular weight is 377 g/mol. The maximum Gasteiger partial charge on any atom is 0.191 e. The number of ether oxygens (including phenoxy) is 1. The molecule has 1 aromatic rings. The van der Waals surface area contributed by atoms with Crippen LogP contribution in [0.25, 0.3) is 0 Å². The Morgan fingerprint density at radius 1 is 1.32 bits per heavy atom. The molecule has 4 nitrogen and oxygen atoms in total. The van der Waals surface area contributed by atoms with E-state index in [9.17, 15) is 0 Å². The third-order valence-corrected chi connectivity index (χ3v) is 2.55. The van der Waals surface area contributed by atoms with Gasteiger partial charge >= 0.3 is 0 Å². The Morgan fingerprint density at radius 2 is 2.00 bits per heavy atom. The Hall–Kier alpha value is -0.980. The lowest BCUT2D eigenvalue weighted by atomic mass is 10.2. The molecule has 0 radical (unpaired) electrons. The molecule has 0 amide bonds. The molecule has 0 aliphatic carbocycles. The fourth-order valence-corrected chi connectivity index (χ4v) is 1.58. The summed E-state index contributed by atoms with van der Waals surface area (Å²) in [5.41, 5.74) is 1.15. The lowest BCUT2D eigenvalue weighted by Gasteiger charge is -2.18. The fourth-order valence-electron chi connectivity index (χ4n) is 1.58. The number of halogens is 1. The first-order valence-corrected chi connectivity index (χ1v) is 6.34. The van der Waals surface area contributed by atoms with Crippen molar-refractivity contribution in [1.82, 2.24) is 10.6 Å². The molecule has 1 rings (SSSR count). The molecule has 0 aliphatic rings. The summed E-state index contributed by atoms with van der Waals surface area (Å²) in [4.78, 5) is 4.11. The zero-order chi connectivity index (χ0) is 13.4. The molecule has 2 N–H and O–H groups in total. The molecular formula is C14H24IN3O. The van der Waals surface area contributed by atoms with Crippen molar-refractivity contribution < 1.29 is 4.74 Å². The molecule has 0 spiro atoms. The van der Waals surface area contributed by atoms with E-state index in [1.165, 1.54) is 0 Å². The Bertz CT molecular complexity index is 396. The monoisotopic (exact) mass is 377 g/mol. The van der Waals surface area contributed by atoms with Gasteiger partial charge in [0.15, 0.2) is 5.96 Å². The number of para-hydroxylation sites is 1. The zero-order valence-corrected chi connectivity index (χ0v) is 14.4. The van der Waals surface area contributed by atoms with Gasteiger partial charge in [0.25, 0.3) is 0 Å². The number of guanidine groups is 1. The van der Waals surface area contributed by atoms with Gasteiger partial charge in [-0.3, -0.25) is 4.99 Å². The van der Waals surface area contributed by atoms with Gasteiger partial charge in [0.2, 0.25) is 0 Å². The van der Waals surface area contributed by atoms with Gasteiger partial charge in [-0.05, 0) is 32.4 Å². The summed E-state index contributed by atoms with van der Waals surface area (Å²) in [5, 5.41) is 6.37. The predicted molar refractivity (Wildman–Crippen MR) is 91.7 cm³/mol. The zero-order valence-electron chi connectivity index (χ0n) is 12.1. The van der Waals surface area contributed by atoms with E-state index in [0.717, 1.165) is 23.8 Å². The molecule has 0 heterocycles.